The molecule has 2 aromatic heterocycles. The van der Waals surface area contributed by atoms with Gasteiger partial charge >= 0.3 is 0 Å². The predicted octanol–water partition coefficient (Wildman–Crippen LogP) is 4.95. The van der Waals surface area contributed by atoms with E-state index in [4.69, 9.17) is 4.98 Å². The number of hydrogen-bond acceptors (Lipinski definition) is 5. The van der Waals surface area contributed by atoms with Crippen LogP contribution < -0.4 is 4.90 Å². The van der Waals surface area contributed by atoms with Gasteiger partial charge < -0.3 is 0 Å². The van der Waals surface area contributed by atoms with Crippen molar-refractivity contribution in [2.45, 2.75) is 13.3 Å². The van der Waals surface area contributed by atoms with Gasteiger partial charge in [-0.05, 0) is 31.0 Å². The van der Waals surface area contributed by atoms with E-state index in [-0.39, 0.29) is 5.91 Å². The zero-order chi connectivity index (χ0) is 17.9. The summed E-state index contributed by atoms with van der Waals surface area (Å²) in [6.07, 6.45) is 0.778. The fourth-order valence-electron chi connectivity index (χ4n) is 2.77. The predicted molar refractivity (Wildman–Crippen MR) is 108 cm³/mol. The molecule has 4 rings (SSSR count). The van der Waals surface area contributed by atoms with E-state index < -0.39 is 0 Å². The summed E-state index contributed by atoms with van der Waals surface area (Å²) in [6.45, 7) is 2.46. The Kier molecular flexibility index (Phi) is 4.77. The van der Waals surface area contributed by atoms with Crippen LogP contribution in [0.5, 0.6) is 0 Å². The second kappa shape index (κ2) is 7.35. The molecule has 0 aliphatic heterocycles. The highest BCUT2D eigenvalue weighted by molar-refractivity contribution is 7.22. The van der Waals surface area contributed by atoms with Crippen molar-refractivity contribution in [1.82, 2.24) is 9.97 Å². The number of anilines is 1. The highest BCUT2D eigenvalue weighted by Gasteiger charge is 2.24. The maximum absolute atomic E-state index is 13.2. The molecule has 0 aliphatic rings. The van der Waals surface area contributed by atoms with Gasteiger partial charge in [-0.3, -0.25) is 9.69 Å². The van der Waals surface area contributed by atoms with E-state index in [1.165, 1.54) is 16.9 Å². The third-order valence-corrected chi connectivity index (χ3v) is 6.14. The molecule has 0 saturated carbocycles. The molecule has 0 unspecified atom stereocenters. The number of carbonyl (C=O) groups excluding carboxylic acids is 1. The number of amides is 1. The molecule has 0 saturated heterocycles. The van der Waals surface area contributed by atoms with Crippen molar-refractivity contribution in [2.24, 2.45) is 0 Å². The summed E-state index contributed by atoms with van der Waals surface area (Å²) in [7, 11) is 0. The molecule has 0 bridgehead atoms. The first-order chi connectivity index (χ1) is 12.7. The average molecular weight is 380 g/mol. The van der Waals surface area contributed by atoms with Crippen LogP contribution in [0.25, 0.3) is 10.2 Å². The van der Waals surface area contributed by atoms with Crippen LogP contribution in [-0.2, 0) is 6.42 Å². The molecule has 2 heterocycles. The Morgan fingerprint density at radius 2 is 1.85 bits per heavy atom. The number of thiazole rings is 2. The Morgan fingerprint density at radius 3 is 2.58 bits per heavy atom. The zero-order valence-electron chi connectivity index (χ0n) is 14.3. The highest BCUT2D eigenvalue weighted by Crippen LogP contribution is 2.30. The molecule has 6 heteroatoms. The number of benzene rings is 2. The number of rotatable bonds is 5. The quantitative estimate of drug-likeness (QED) is 0.493. The third-order valence-electron chi connectivity index (χ3n) is 4.17. The van der Waals surface area contributed by atoms with Crippen molar-refractivity contribution < 1.29 is 4.79 Å². The van der Waals surface area contributed by atoms with Crippen LogP contribution >= 0.6 is 22.7 Å². The largest absolute Gasteiger partial charge is 0.283 e. The fraction of sp³-hybridized carbons (Fsp3) is 0.150. The van der Waals surface area contributed by atoms with Crippen molar-refractivity contribution in [2.75, 3.05) is 11.4 Å². The summed E-state index contributed by atoms with van der Waals surface area (Å²) in [5.74, 6) is -0.0278. The SMILES string of the molecule is Cc1ncsc1C(=O)N(CCc1ccccc1)c1nc2ccccc2s1. The molecule has 0 aliphatic carbocycles. The number of fused-ring (bicyclic) bond motifs is 1. The molecule has 0 radical (unpaired) electrons. The Hall–Kier alpha value is -2.57. The number of nitrogens with zero attached hydrogens (tertiary/aromatic N) is 3. The Bertz CT molecular complexity index is 1010. The summed E-state index contributed by atoms with van der Waals surface area (Å²) in [5.41, 5.74) is 4.61. The van der Waals surface area contributed by atoms with E-state index in [9.17, 15) is 4.79 Å². The van der Waals surface area contributed by atoms with E-state index in [0.717, 1.165) is 27.5 Å². The van der Waals surface area contributed by atoms with Crippen molar-refractivity contribution in [3.63, 3.8) is 0 Å². The lowest BCUT2D eigenvalue weighted by molar-refractivity contribution is 0.0990. The lowest BCUT2D eigenvalue weighted by Crippen LogP contribution is -2.32. The van der Waals surface area contributed by atoms with Crippen molar-refractivity contribution in [3.8, 4) is 0 Å². The smallest absolute Gasteiger partial charge is 0.272 e. The lowest BCUT2D eigenvalue weighted by Gasteiger charge is -2.19. The van der Waals surface area contributed by atoms with Crippen LogP contribution in [-0.4, -0.2) is 22.4 Å². The summed E-state index contributed by atoms with van der Waals surface area (Å²) in [6, 6.07) is 18.2. The van der Waals surface area contributed by atoms with E-state index >= 15 is 0 Å². The summed E-state index contributed by atoms with van der Waals surface area (Å²) < 4.78 is 1.08. The molecule has 0 fully saturated rings. The van der Waals surface area contributed by atoms with Gasteiger partial charge in [0.05, 0.1) is 21.4 Å². The van der Waals surface area contributed by atoms with Gasteiger partial charge in [-0.2, -0.15) is 0 Å². The molecular weight excluding hydrogens is 362 g/mol. The van der Waals surface area contributed by atoms with Crippen LogP contribution in [0.4, 0.5) is 5.13 Å². The van der Waals surface area contributed by atoms with E-state index in [2.05, 4.69) is 17.1 Å². The van der Waals surface area contributed by atoms with Crippen LogP contribution in [0.3, 0.4) is 0 Å². The molecule has 0 atom stereocenters. The second-order valence-electron chi connectivity index (χ2n) is 5.92. The van der Waals surface area contributed by atoms with Gasteiger partial charge in [-0.1, -0.05) is 53.8 Å². The molecular formula is C20H17N3OS2. The Balaban J connectivity index is 1.68. The highest BCUT2D eigenvalue weighted by atomic mass is 32.1. The molecule has 2 aromatic carbocycles. The Labute approximate surface area is 159 Å². The van der Waals surface area contributed by atoms with Crippen LogP contribution in [0.1, 0.15) is 20.9 Å². The van der Waals surface area contributed by atoms with Gasteiger partial charge in [0.2, 0.25) is 0 Å². The maximum Gasteiger partial charge on any atom is 0.272 e. The van der Waals surface area contributed by atoms with Gasteiger partial charge in [-0.15, -0.1) is 11.3 Å². The van der Waals surface area contributed by atoms with E-state index in [0.29, 0.717) is 11.4 Å². The van der Waals surface area contributed by atoms with Crippen LogP contribution in [0.15, 0.2) is 60.1 Å². The number of carbonyl (C=O) groups is 1. The minimum atomic E-state index is -0.0278. The molecule has 0 spiro atoms. The zero-order valence-corrected chi connectivity index (χ0v) is 15.9. The first-order valence-electron chi connectivity index (χ1n) is 8.34. The van der Waals surface area contributed by atoms with E-state index in [1.807, 2.05) is 49.4 Å². The van der Waals surface area contributed by atoms with Gasteiger partial charge in [0.15, 0.2) is 5.13 Å². The molecule has 26 heavy (non-hydrogen) atoms. The van der Waals surface area contributed by atoms with Gasteiger partial charge in [0.25, 0.3) is 5.91 Å². The number of hydrogen-bond donors (Lipinski definition) is 0. The third kappa shape index (κ3) is 3.38. The molecule has 130 valence electrons. The fourth-order valence-corrected chi connectivity index (χ4v) is 4.52. The summed E-state index contributed by atoms with van der Waals surface area (Å²) in [4.78, 5) is 24.6. The molecule has 1 amide bonds. The van der Waals surface area contributed by atoms with E-state index in [1.54, 1.807) is 21.7 Å². The standard InChI is InChI=1S/C20H17N3OS2/c1-14-18(25-13-21-14)19(24)23(12-11-15-7-3-2-4-8-15)20-22-16-9-5-6-10-17(16)26-20/h2-10,13H,11-12H2,1H3. The van der Waals surface area contributed by atoms with Gasteiger partial charge in [-0.25, -0.2) is 9.97 Å². The minimum Gasteiger partial charge on any atom is -0.283 e. The molecule has 0 N–H and O–H groups in total. The van der Waals surface area contributed by atoms with Crippen molar-refractivity contribution in [3.05, 3.63) is 76.2 Å². The van der Waals surface area contributed by atoms with Crippen molar-refractivity contribution in [1.29, 1.82) is 0 Å². The van der Waals surface area contributed by atoms with Crippen molar-refractivity contribution >= 4 is 43.9 Å². The number of aryl methyl sites for hydroxylation is 1. The number of para-hydroxylation sites is 1. The van der Waals surface area contributed by atoms with Gasteiger partial charge in [0.1, 0.15) is 4.88 Å². The second-order valence-corrected chi connectivity index (χ2v) is 7.79. The first-order valence-corrected chi connectivity index (χ1v) is 10.0. The average Bonchev–Trinajstić information content (AvgIpc) is 3.28. The summed E-state index contributed by atoms with van der Waals surface area (Å²) >= 11 is 2.93. The van der Waals surface area contributed by atoms with Gasteiger partial charge in [0, 0.05) is 6.54 Å². The first kappa shape index (κ1) is 16.9. The normalized spacial score (nSPS) is 11.0. The molecule has 4 aromatic rings. The lowest BCUT2D eigenvalue weighted by atomic mass is 10.1. The number of aromatic nitrogens is 2. The summed E-state index contributed by atoms with van der Waals surface area (Å²) in [5, 5.41) is 0.736. The van der Waals surface area contributed by atoms with Crippen LogP contribution in [0, 0.1) is 6.92 Å². The maximum atomic E-state index is 13.2. The monoisotopic (exact) mass is 379 g/mol. The minimum absolute atomic E-state index is 0.0278. The Morgan fingerprint density at radius 1 is 1.08 bits per heavy atom. The topological polar surface area (TPSA) is 46.1 Å². The molecule has 4 nitrogen and oxygen atoms in total. The van der Waals surface area contributed by atoms with Crippen LogP contribution in [0.2, 0.25) is 0 Å².